The van der Waals surface area contributed by atoms with E-state index in [2.05, 4.69) is 93.7 Å². The quantitative estimate of drug-likeness (QED) is 0.0199. The zero-order valence-electron chi connectivity index (χ0n) is 41.2. The van der Waals surface area contributed by atoms with E-state index in [9.17, 15) is 14.4 Å². The largest absolute Gasteiger partial charge is 0.462 e. The average Bonchev–Trinajstić information content (AvgIpc) is 3.30. The van der Waals surface area contributed by atoms with Gasteiger partial charge < -0.3 is 14.2 Å². The molecule has 0 spiro atoms. The molecule has 0 saturated heterocycles. The number of ether oxygens (including phenoxy) is 3. The summed E-state index contributed by atoms with van der Waals surface area (Å²) in [6.45, 7) is 6.18. The first-order chi connectivity index (χ1) is 32.0. The van der Waals surface area contributed by atoms with Crippen LogP contribution >= 0.6 is 0 Å². The maximum absolute atomic E-state index is 12.8. The third-order valence-electron chi connectivity index (χ3n) is 10.0. The van der Waals surface area contributed by atoms with E-state index in [0.717, 1.165) is 122 Å². The Morgan fingerprint density at radius 2 is 0.631 bits per heavy atom. The highest BCUT2D eigenvalue weighted by molar-refractivity contribution is 5.71. The molecule has 1 unspecified atom stereocenters. The maximum Gasteiger partial charge on any atom is 0.306 e. The number of rotatable bonds is 43. The van der Waals surface area contributed by atoms with Crippen LogP contribution in [0.1, 0.15) is 188 Å². The van der Waals surface area contributed by atoms with Gasteiger partial charge in [0.1, 0.15) is 13.2 Å². The van der Waals surface area contributed by atoms with Crippen LogP contribution in [0.2, 0.25) is 0 Å². The Bertz CT molecular complexity index is 1490. The Balaban J connectivity index is 4.57. The third-order valence-corrected chi connectivity index (χ3v) is 10.0. The average molecular weight is 895 g/mol. The molecule has 362 valence electrons. The van der Waals surface area contributed by atoms with Gasteiger partial charge in [0.05, 0.1) is 0 Å². The topological polar surface area (TPSA) is 78.9 Å². The van der Waals surface area contributed by atoms with Crippen molar-refractivity contribution in [1.29, 1.82) is 0 Å². The Hall–Kier alpha value is -4.71. The summed E-state index contributed by atoms with van der Waals surface area (Å²) in [6, 6.07) is 0. The molecule has 0 fully saturated rings. The highest BCUT2D eigenvalue weighted by Gasteiger charge is 2.19. The molecule has 1 atom stereocenters. The highest BCUT2D eigenvalue weighted by atomic mass is 16.6. The second-order valence-electron chi connectivity index (χ2n) is 16.1. The predicted molar refractivity (Wildman–Crippen MR) is 279 cm³/mol. The molecule has 0 rings (SSSR count). The Labute approximate surface area is 397 Å². The van der Waals surface area contributed by atoms with E-state index in [1.807, 2.05) is 72.9 Å². The normalized spacial score (nSPS) is 13.3. The van der Waals surface area contributed by atoms with Gasteiger partial charge in [0, 0.05) is 19.3 Å². The van der Waals surface area contributed by atoms with Crippen LogP contribution in [0.4, 0.5) is 0 Å². The summed E-state index contributed by atoms with van der Waals surface area (Å²) in [7, 11) is 0. The van der Waals surface area contributed by atoms with Gasteiger partial charge in [0.15, 0.2) is 6.10 Å². The van der Waals surface area contributed by atoms with E-state index in [1.54, 1.807) is 0 Å². The molecule has 0 aromatic rings. The lowest BCUT2D eigenvalue weighted by Crippen LogP contribution is -2.30. The Kier molecular flexibility index (Phi) is 48.2. The maximum atomic E-state index is 12.8. The molecular formula is C59H90O6. The van der Waals surface area contributed by atoms with Crippen LogP contribution in [0.15, 0.2) is 146 Å². The summed E-state index contributed by atoms with van der Waals surface area (Å²) in [6.07, 6.45) is 73.9. The van der Waals surface area contributed by atoms with Crippen molar-refractivity contribution in [2.75, 3.05) is 13.2 Å². The van der Waals surface area contributed by atoms with Crippen molar-refractivity contribution in [1.82, 2.24) is 0 Å². The lowest BCUT2D eigenvalue weighted by molar-refractivity contribution is -0.167. The summed E-state index contributed by atoms with van der Waals surface area (Å²) >= 11 is 0. The van der Waals surface area contributed by atoms with Crippen LogP contribution in [0.25, 0.3) is 0 Å². The van der Waals surface area contributed by atoms with Gasteiger partial charge in [-0.05, 0) is 96.3 Å². The van der Waals surface area contributed by atoms with Crippen LogP contribution in [-0.4, -0.2) is 37.2 Å². The summed E-state index contributed by atoms with van der Waals surface area (Å²) in [5.74, 6) is -1.00. The number of esters is 3. The van der Waals surface area contributed by atoms with Gasteiger partial charge in [0.25, 0.3) is 0 Å². The number of allylic oxidation sites excluding steroid dienone is 24. The van der Waals surface area contributed by atoms with Crippen molar-refractivity contribution in [3.05, 3.63) is 146 Å². The molecule has 0 aliphatic carbocycles. The molecule has 6 heteroatoms. The fourth-order valence-electron chi connectivity index (χ4n) is 6.30. The molecule has 0 aliphatic heterocycles. The minimum absolute atomic E-state index is 0.113. The lowest BCUT2D eigenvalue weighted by atomic mass is 10.1. The summed E-state index contributed by atoms with van der Waals surface area (Å²) in [5, 5.41) is 0. The van der Waals surface area contributed by atoms with E-state index in [-0.39, 0.29) is 37.5 Å². The van der Waals surface area contributed by atoms with E-state index in [1.165, 1.54) is 25.7 Å². The van der Waals surface area contributed by atoms with E-state index >= 15 is 0 Å². The molecule has 6 nitrogen and oxygen atoms in total. The summed E-state index contributed by atoms with van der Waals surface area (Å²) in [4.78, 5) is 38.0. The van der Waals surface area contributed by atoms with Crippen molar-refractivity contribution >= 4 is 17.9 Å². The van der Waals surface area contributed by atoms with Crippen LogP contribution in [0, 0.1) is 0 Å². The SMILES string of the molecule is CC\C=C/C=C\C=C/C=C\C=C\C=C/C=C\CCCCCC(=O)OCC(COC(=O)CCCCCCCCC/C=C\C/C=C\CC)OC(=O)CCCCCC/C=C\C/C=C\C/C=C\CC. The fourth-order valence-corrected chi connectivity index (χ4v) is 6.30. The van der Waals surface area contributed by atoms with Crippen LogP contribution in [0.3, 0.4) is 0 Å². The first kappa shape index (κ1) is 60.3. The number of hydrogen-bond donors (Lipinski definition) is 0. The van der Waals surface area contributed by atoms with Crippen LogP contribution in [0.5, 0.6) is 0 Å². The zero-order valence-corrected chi connectivity index (χ0v) is 41.2. The smallest absolute Gasteiger partial charge is 0.306 e. The van der Waals surface area contributed by atoms with E-state index < -0.39 is 6.10 Å². The predicted octanol–water partition coefficient (Wildman–Crippen LogP) is 16.9. The van der Waals surface area contributed by atoms with Gasteiger partial charge in [0.2, 0.25) is 0 Å². The summed E-state index contributed by atoms with van der Waals surface area (Å²) in [5.41, 5.74) is 0. The van der Waals surface area contributed by atoms with Crippen LogP contribution < -0.4 is 0 Å². The molecule has 0 bridgehead atoms. The molecule has 0 N–H and O–H groups in total. The number of carbonyl (C=O) groups is 3. The van der Waals surface area contributed by atoms with Crippen molar-refractivity contribution in [2.24, 2.45) is 0 Å². The van der Waals surface area contributed by atoms with Gasteiger partial charge in [-0.3, -0.25) is 14.4 Å². The molecule has 0 amide bonds. The van der Waals surface area contributed by atoms with Crippen molar-refractivity contribution < 1.29 is 28.6 Å². The minimum atomic E-state index is -0.818. The molecule has 65 heavy (non-hydrogen) atoms. The Morgan fingerprint density at radius 1 is 0.323 bits per heavy atom. The fraction of sp³-hybridized carbons (Fsp3) is 0.542. The number of carbonyl (C=O) groups excluding carboxylic acids is 3. The van der Waals surface area contributed by atoms with Crippen LogP contribution in [-0.2, 0) is 28.6 Å². The molecule has 0 aromatic heterocycles. The summed E-state index contributed by atoms with van der Waals surface area (Å²) < 4.78 is 16.7. The monoisotopic (exact) mass is 895 g/mol. The molecular weight excluding hydrogens is 805 g/mol. The van der Waals surface area contributed by atoms with Gasteiger partial charge in [-0.25, -0.2) is 0 Å². The minimum Gasteiger partial charge on any atom is -0.462 e. The Morgan fingerprint density at radius 3 is 1.06 bits per heavy atom. The molecule has 0 aromatic carbocycles. The molecule has 0 radical (unpaired) electrons. The first-order valence-electron chi connectivity index (χ1n) is 25.4. The molecule has 0 heterocycles. The number of hydrogen-bond acceptors (Lipinski definition) is 6. The van der Waals surface area contributed by atoms with Gasteiger partial charge in [-0.1, -0.05) is 218 Å². The van der Waals surface area contributed by atoms with E-state index in [0.29, 0.717) is 12.8 Å². The van der Waals surface area contributed by atoms with Crippen molar-refractivity contribution in [3.8, 4) is 0 Å². The second-order valence-corrected chi connectivity index (χ2v) is 16.1. The lowest BCUT2D eigenvalue weighted by Gasteiger charge is -2.18. The highest BCUT2D eigenvalue weighted by Crippen LogP contribution is 2.13. The zero-order chi connectivity index (χ0) is 47.2. The first-order valence-corrected chi connectivity index (χ1v) is 25.4. The van der Waals surface area contributed by atoms with Gasteiger partial charge in [-0.2, -0.15) is 0 Å². The second kappa shape index (κ2) is 51.9. The molecule has 0 aliphatic rings. The standard InChI is InChI=1S/C59H90O6/c1-4-7-10-13-16-19-22-25-28-29-30-31-32-35-37-40-43-46-49-52-58(61)64-55-56(65-59(62)53-50-47-44-41-38-34-27-24-21-18-15-12-9-6-3)54-63-57(60)51-48-45-42-39-36-33-26-23-20-17-14-11-8-5-2/h7-13,16-22,25,27-32,34-35,37,56H,4-6,14-15,23-24,26,33,36,38-55H2,1-3H3/b10-7-,11-8-,12-9-,16-13-,20-17-,21-18-,22-19-,28-25-,30-29+,32-31-,34-27-,37-35-. The third kappa shape index (κ3) is 50.2. The van der Waals surface area contributed by atoms with Crippen molar-refractivity contribution in [2.45, 2.75) is 194 Å². The van der Waals surface area contributed by atoms with Gasteiger partial charge >= 0.3 is 17.9 Å². The van der Waals surface area contributed by atoms with E-state index in [4.69, 9.17) is 14.2 Å². The number of unbranched alkanes of at least 4 members (excludes halogenated alkanes) is 14. The van der Waals surface area contributed by atoms with Gasteiger partial charge in [-0.15, -0.1) is 0 Å². The molecule has 0 saturated carbocycles. The van der Waals surface area contributed by atoms with Crippen molar-refractivity contribution in [3.63, 3.8) is 0 Å².